The average Bonchev–Trinajstić information content (AvgIpc) is 3.32. The lowest BCUT2D eigenvalue weighted by molar-refractivity contribution is -0.124. The van der Waals surface area contributed by atoms with Gasteiger partial charge in [0.15, 0.2) is 10.7 Å². The summed E-state index contributed by atoms with van der Waals surface area (Å²) in [7, 11) is -3.97. The molecule has 1 aromatic heterocycles. The largest absolute Gasteiger partial charge is 0.486 e. The number of carbonyl (C=O) groups is 1. The standard InChI is InChI=1S/C28H29ClFN3O5S/c1-3-22-17-33(24-16-21(29)9-11-25(24)37-22)28(34)20-12-14-32(15-13-20)39(35,36)27-18(2)31-38-26(27)10-8-19-6-4-5-7-23(19)30/h4-11,16,20,22H,3,12-15,17H2,1-2H3/b10-8+. The molecule has 0 spiro atoms. The van der Waals surface area contributed by atoms with Gasteiger partial charge >= 0.3 is 0 Å². The minimum atomic E-state index is -3.97. The summed E-state index contributed by atoms with van der Waals surface area (Å²) in [5, 5.41) is 4.36. The number of aryl methyl sites for hydroxylation is 1. The third kappa shape index (κ3) is 5.46. The van der Waals surface area contributed by atoms with Crippen LogP contribution < -0.4 is 9.64 Å². The van der Waals surface area contributed by atoms with E-state index in [-0.39, 0.29) is 47.4 Å². The van der Waals surface area contributed by atoms with Crippen molar-refractivity contribution in [2.75, 3.05) is 24.5 Å². The molecule has 1 saturated heterocycles. The molecule has 3 aromatic rings. The number of amides is 1. The van der Waals surface area contributed by atoms with Crippen LogP contribution in [0.3, 0.4) is 0 Å². The Morgan fingerprint density at radius 2 is 1.92 bits per heavy atom. The van der Waals surface area contributed by atoms with Crippen LogP contribution in [0.1, 0.15) is 43.2 Å². The predicted octanol–water partition coefficient (Wildman–Crippen LogP) is 5.55. The summed E-state index contributed by atoms with van der Waals surface area (Å²) in [4.78, 5) is 15.3. The molecule has 2 aromatic carbocycles. The Kier molecular flexibility index (Phi) is 7.80. The minimum absolute atomic E-state index is 0.0290. The van der Waals surface area contributed by atoms with Crippen LogP contribution in [0.15, 0.2) is 51.9 Å². The maximum Gasteiger partial charge on any atom is 0.248 e. The van der Waals surface area contributed by atoms with E-state index in [4.69, 9.17) is 20.9 Å². The quantitative estimate of drug-likeness (QED) is 0.384. The smallest absolute Gasteiger partial charge is 0.248 e. The molecule has 3 heterocycles. The molecule has 5 rings (SSSR count). The number of nitrogens with zero attached hydrogens (tertiary/aromatic N) is 3. The van der Waals surface area contributed by atoms with E-state index < -0.39 is 15.8 Å². The van der Waals surface area contributed by atoms with Crippen LogP contribution in [0.4, 0.5) is 10.1 Å². The first kappa shape index (κ1) is 27.4. The van der Waals surface area contributed by atoms with E-state index in [0.29, 0.717) is 41.4 Å². The molecule has 0 radical (unpaired) electrons. The number of anilines is 1. The van der Waals surface area contributed by atoms with Crippen LogP contribution in [-0.2, 0) is 14.8 Å². The van der Waals surface area contributed by atoms with Crippen molar-refractivity contribution in [1.82, 2.24) is 9.46 Å². The van der Waals surface area contributed by atoms with Gasteiger partial charge in [-0.3, -0.25) is 4.79 Å². The first-order valence-corrected chi connectivity index (χ1v) is 14.7. The molecular weight excluding hydrogens is 545 g/mol. The molecule has 0 N–H and O–H groups in total. The van der Waals surface area contributed by atoms with Gasteiger partial charge in [0, 0.05) is 29.6 Å². The third-order valence-corrected chi connectivity index (χ3v) is 9.46. The Morgan fingerprint density at radius 1 is 1.18 bits per heavy atom. The predicted molar refractivity (Wildman–Crippen MR) is 147 cm³/mol. The number of hydrogen-bond donors (Lipinski definition) is 0. The van der Waals surface area contributed by atoms with E-state index >= 15 is 0 Å². The van der Waals surface area contributed by atoms with Crippen molar-refractivity contribution in [3.05, 3.63) is 70.3 Å². The average molecular weight is 574 g/mol. The van der Waals surface area contributed by atoms with Gasteiger partial charge in [0.2, 0.25) is 15.9 Å². The highest BCUT2D eigenvalue weighted by Crippen LogP contribution is 2.38. The molecule has 2 aliphatic rings. The van der Waals surface area contributed by atoms with Gasteiger partial charge in [0.05, 0.1) is 12.2 Å². The molecule has 8 nitrogen and oxygen atoms in total. The molecule has 39 heavy (non-hydrogen) atoms. The summed E-state index contributed by atoms with van der Waals surface area (Å²) in [5.41, 5.74) is 1.15. The highest BCUT2D eigenvalue weighted by Gasteiger charge is 2.39. The molecule has 1 atom stereocenters. The number of benzene rings is 2. The first-order chi connectivity index (χ1) is 18.7. The molecule has 11 heteroatoms. The number of rotatable bonds is 6. The highest BCUT2D eigenvalue weighted by atomic mass is 35.5. The van der Waals surface area contributed by atoms with Crippen LogP contribution in [0.25, 0.3) is 12.2 Å². The van der Waals surface area contributed by atoms with Gasteiger partial charge in [0.1, 0.15) is 23.4 Å². The van der Waals surface area contributed by atoms with Crippen molar-refractivity contribution >= 4 is 45.4 Å². The highest BCUT2D eigenvalue weighted by molar-refractivity contribution is 7.89. The zero-order valence-corrected chi connectivity index (χ0v) is 23.2. The number of fused-ring (bicyclic) bond motifs is 1. The Morgan fingerprint density at radius 3 is 2.64 bits per heavy atom. The second kappa shape index (κ2) is 11.1. The summed E-state index contributed by atoms with van der Waals surface area (Å²) >= 11 is 6.21. The number of aromatic nitrogens is 1. The lowest BCUT2D eigenvalue weighted by Crippen LogP contribution is -2.48. The number of ether oxygens (including phenoxy) is 1. The van der Waals surface area contributed by atoms with E-state index in [2.05, 4.69) is 5.16 Å². The molecule has 1 fully saturated rings. The SMILES string of the molecule is CCC1CN(C(=O)C2CCN(S(=O)(=O)c3c(C)noc3/C=C/c3ccccc3F)CC2)c2cc(Cl)ccc2O1. The number of carbonyl (C=O) groups excluding carboxylic acids is 1. The minimum Gasteiger partial charge on any atom is -0.486 e. The number of piperidine rings is 1. The van der Waals surface area contributed by atoms with E-state index in [9.17, 15) is 17.6 Å². The maximum atomic E-state index is 14.0. The molecule has 0 bridgehead atoms. The van der Waals surface area contributed by atoms with Crippen LogP contribution >= 0.6 is 11.6 Å². The molecule has 206 valence electrons. The fourth-order valence-electron chi connectivity index (χ4n) is 5.01. The van der Waals surface area contributed by atoms with E-state index in [0.717, 1.165) is 6.42 Å². The van der Waals surface area contributed by atoms with Crippen LogP contribution in [0.5, 0.6) is 5.75 Å². The van der Waals surface area contributed by atoms with Gasteiger partial charge in [0.25, 0.3) is 0 Å². The molecule has 1 unspecified atom stereocenters. The van der Waals surface area contributed by atoms with Gasteiger partial charge in [-0.15, -0.1) is 0 Å². The van der Waals surface area contributed by atoms with Gasteiger partial charge in [-0.05, 0) is 62.6 Å². The monoisotopic (exact) mass is 573 g/mol. The lowest BCUT2D eigenvalue weighted by atomic mass is 9.95. The number of halogens is 2. The van der Waals surface area contributed by atoms with Gasteiger partial charge in [-0.25, -0.2) is 12.8 Å². The Labute approximate surface area is 232 Å². The first-order valence-electron chi connectivity index (χ1n) is 12.9. The molecule has 1 amide bonds. The molecule has 0 saturated carbocycles. The number of hydrogen-bond acceptors (Lipinski definition) is 6. The summed E-state index contributed by atoms with van der Waals surface area (Å²) in [5.74, 6) is -0.197. The van der Waals surface area contributed by atoms with Crippen molar-refractivity contribution in [3.63, 3.8) is 0 Å². The maximum absolute atomic E-state index is 14.0. The second-order valence-corrected chi connectivity index (χ2v) is 12.0. The van der Waals surface area contributed by atoms with Gasteiger partial charge in [-0.2, -0.15) is 4.31 Å². The number of sulfonamides is 1. The Hall–Kier alpha value is -3.21. The van der Waals surface area contributed by atoms with Gasteiger partial charge in [-0.1, -0.05) is 41.9 Å². The zero-order chi connectivity index (χ0) is 27.7. The van der Waals surface area contributed by atoms with Crippen molar-refractivity contribution in [1.29, 1.82) is 0 Å². The van der Waals surface area contributed by atoms with Crippen LogP contribution in [0, 0.1) is 18.7 Å². The van der Waals surface area contributed by atoms with Crippen molar-refractivity contribution < 1.29 is 26.9 Å². The fraction of sp³-hybridized carbons (Fsp3) is 0.357. The third-order valence-electron chi connectivity index (χ3n) is 7.17. The van der Waals surface area contributed by atoms with Crippen LogP contribution in [-0.4, -0.2) is 49.5 Å². The Balaban J connectivity index is 1.32. The van der Waals surface area contributed by atoms with Crippen molar-refractivity contribution in [3.8, 4) is 5.75 Å². The second-order valence-electron chi connectivity index (χ2n) is 9.70. The molecule has 2 aliphatic heterocycles. The summed E-state index contributed by atoms with van der Waals surface area (Å²) < 4.78 is 53.9. The van der Waals surface area contributed by atoms with E-state index in [1.54, 1.807) is 48.2 Å². The van der Waals surface area contributed by atoms with E-state index in [1.807, 2.05) is 6.92 Å². The Bertz CT molecular complexity index is 1520. The van der Waals surface area contributed by atoms with Crippen molar-refractivity contribution in [2.24, 2.45) is 5.92 Å². The zero-order valence-electron chi connectivity index (χ0n) is 21.6. The normalized spacial score (nSPS) is 18.8. The fourth-order valence-corrected chi connectivity index (χ4v) is 6.89. The molecule has 0 aliphatic carbocycles. The molecular formula is C28H29ClFN3O5S. The topological polar surface area (TPSA) is 93.0 Å². The summed E-state index contributed by atoms with van der Waals surface area (Å²) in [6.07, 6.45) is 4.21. The van der Waals surface area contributed by atoms with Crippen LogP contribution in [0.2, 0.25) is 5.02 Å². The lowest BCUT2D eigenvalue weighted by Gasteiger charge is -2.38. The van der Waals surface area contributed by atoms with E-state index in [1.165, 1.54) is 22.5 Å². The van der Waals surface area contributed by atoms with Gasteiger partial charge < -0.3 is 14.2 Å². The summed E-state index contributed by atoms with van der Waals surface area (Å²) in [6.45, 7) is 4.31. The summed E-state index contributed by atoms with van der Waals surface area (Å²) in [6, 6.07) is 11.4. The van der Waals surface area contributed by atoms with Crippen molar-refractivity contribution in [2.45, 2.75) is 44.1 Å².